The summed E-state index contributed by atoms with van der Waals surface area (Å²) in [6, 6.07) is 9.91. The number of rotatable bonds is 7. The van der Waals surface area contributed by atoms with Gasteiger partial charge < -0.3 is 5.21 Å². The second-order valence-electron chi connectivity index (χ2n) is 4.57. The monoisotopic (exact) mass is 233 g/mol. The molecule has 0 N–H and O–H groups in total. The molecule has 0 atom stereocenters. The van der Waals surface area contributed by atoms with Gasteiger partial charge in [0.15, 0.2) is 12.3 Å². The molecule has 0 aliphatic rings. The first-order valence-electron chi connectivity index (χ1n) is 6.55. The van der Waals surface area contributed by atoms with Gasteiger partial charge >= 0.3 is 0 Å². The molecule has 1 aromatic rings. The van der Waals surface area contributed by atoms with Gasteiger partial charge in [-0.05, 0) is 6.42 Å². The Morgan fingerprint density at radius 3 is 2.47 bits per heavy atom. The van der Waals surface area contributed by atoms with Crippen LogP contribution in [0.4, 0.5) is 0 Å². The van der Waals surface area contributed by atoms with Gasteiger partial charge in [-0.3, -0.25) is 0 Å². The van der Waals surface area contributed by atoms with Crippen LogP contribution >= 0.6 is 0 Å². The smallest absolute Gasteiger partial charge is 0.178 e. The van der Waals surface area contributed by atoms with Crippen LogP contribution in [-0.2, 0) is 6.54 Å². The second kappa shape index (κ2) is 7.88. The Morgan fingerprint density at radius 2 is 1.82 bits per heavy atom. The molecule has 0 fully saturated rings. The average molecular weight is 233 g/mol. The highest BCUT2D eigenvalue weighted by molar-refractivity contribution is 5.76. The highest BCUT2D eigenvalue weighted by Crippen LogP contribution is 2.05. The van der Waals surface area contributed by atoms with Crippen molar-refractivity contribution in [3.63, 3.8) is 0 Å². The van der Waals surface area contributed by atoms with E-state index in [1.807, 2.05) is 37.3 Å². The number of benzene rings is 1. The summed E-state index contributed by atoms with van der Waals surface area (Å²) in [5.41, 5.74) is 2.03. The van der Waals surface area contributed by atoms with Crippen LogP contribution in [0.5, 0.6) is 0 Å². The van der Waals surface area contributed by atoms with E-state index in [9.17, 15) is 5.21 Å². The first-order valence-corrected chi connectivity index (χ1v) is 6.55. The molecule has 2 heteroatoms. The first-order chi connectivity index (χ1) is 8.24. The van der Waals surface area contributed by atoms with Crippen LogP contribution < -0.4 is 0 Å². The maximum absolute atomic E-state index is 11.9. The van der Waals surface area contributed by atoms with Crippen molar-refractivity contribution in [1.29, 1.82) is 0 Å². The molecule has 1 aromatic carbocycles. The molecule has 0 heterocycles. The van der Waals surface area contributed by atoms with Crippen molar-refractivity contribution in [2.45, 2.75) is 52.5 Å². The Hall–Kier alpha value is -1.31. The van der Waals surface area contributed by atoms with Crippen molar-refractivity contribution >= 4 is 5.71 Å². The minimum Gasteiger partial charge on any atom is -0.624 e. The lowest BCUT2D eigenvalue weighted by Crippen LogP contribution is -2.12. The second-order valence-corrected chi connectivity index (χ2v) is 4.57. The largest absolute Gasteiger partial charge is 0.624 e. The third-order valence-corrected chi connectivity index (χ3v) is 2.99. The van der Waals surface area contributed by atoms with E-state index < -0.39 is 0 Å². The summed E-state index contributed by atoms with van der Waals surface area (Å²) in [5.74, 6) is 0. The SMILES string of the molecule is CCCCCC/C(C)=[N+](\[O-])Cc1ccccc1. The van der Waals surface area contributed by atoms with Gasteiger partial charge in [-0.15, -0.1) is 0 Å². The van der Waals surface area contributed by atoms with Crippen molar-refractivity contribution in [2.24, 2.45) is 0 Å². The van der Waals surface area contributed by atoms with Crippen molar-refractivity contribution in [1.82, 2.24) is 0 Å². The van der Waals surface area contributed by atoms with Gasteiger partial charge in [0, 0.05) is 18.9 Å². The molecule has 0 aliphatic carbocycles. The number of unbranched alkanes of at least 4 members (excludes halogenated alkanes) is 3. The molecule has 0 saturated carbocycles. The van der Waals surface area contributed by atoms with Gasteiger partial charge in [0.2, 0.25) is 0 Å². The molecule has 0 unspecified atom stereocenters. The van der Waals surface area contributed by atoms with Gasteiger partial charge in [-0.25, -0.2) is 4.74 Å². The Kier molecular flexibility index (Phi) is 6.38. The molecule has 0 radical (unpaired) electrons. The van der Waals surface area contributed by atoms with Crippen LogP contribution in [0.25, 0.3) is 0 Å². The number of nitrogens with zero attached hydrogens (tertiary/aromatic N) is 1. The van der Waals surface area contributed by atoms with Gasteiger partial charge in [0.1, 0.15) is 0 Å². The molecular formula is C15H23NO. The minimum absolute atomic E-state index is 0.473. The van der Waals surface area contributed by atoms with E-state index in [1.165, 1.54) is 19.3 Å². The zero-order chi connectivity index (χ0) is 12.5. The standard InChI is InChI=1S/C15H23NO/c1-3-4-5-7-10-14(2)16(17)13-15-11-8-6-9-12-15/h6,8-9,11-12H,3-5,7,10,13H2,1-2H3/b16-14-. The van der Waals surface area contributed by atoms with Crippen LogP contribution in [0.15, 0.2) is 30.3 Å². The lowest BCUT2D eigenvalue weighted by Gasteiger charge is -2.08. The fraction of sp³-hybridized carbons (Fsp3) is 0.533. The summed E-state index contributed by atoms with van der Waals surface area (Å²) in [7, 11) is 0. The maximum Gasteiger partial charge on any atom is 0.178 e. The third kappa shape index (κ3) is 5.53. The summed E-state index contributed by atoms with van der Waals surface area (Å²) in [4.78, 5) is 0. The highest BCUT2D eigenvalue weighted by atomic mass is 16.5. The van der Waals surface area contributed by atoms with Crippen molar-refractivity contribution < 1.29 is 4.74 Å². The Labute approximate surface area is 105 Å². The lowest BCUT2D eigenvalue weighted by molar-refractivity contribution is -0.476. The zero-order valence-electron chi connectivity index (χ0n) is 11.0. The molecule has 0 amide bonds. The molecule has 0 aliphatic heterocycles. The van der Waals surface area contributed by atoms with Crippen molar-refractivity contribution in [3.8, 4) is 0 Å². The normalized spacial score (nSPS) is 12.4. The summed E-state index contributed by atoms with van der Waals surface area (Å²) in [6.45, 7) is 4.62. The summed E-state index contributed by atoms with van der Waals surface area (Å²) in [6.07, 6.45) is 5.80. The van der Waals surface area contributed by atoms with Crippen LogP contribution in [0.3, 0.4) is 0 Å². The molecule has 0 saturated heterocycles. The zero-order valence-corrected chi connectivity index (χ0v) is 11.0. The molecule has 2 nitrogen and oxygen atoms in total. The predicted molar refractivity (Wildman–Crippen MR) is 73.2 cm³/mol. The van der Waals surface area contributed by atoms with E-state index in [2.05, 4.69) is 6.92 Å². The van der Waals surface area contributed by atoms with E-state index in [0.29, 0.717) is 6.54 Å². The van der Waals surface area contributed by atoms with Gasteiger partial charge in [0.25, 0.3) is 0 Å². The lowest BCUT2D eigenvalue weighted by atomic mass is 10.1. The highest BCUT2D eigenvalue weighted by Gasteiger charge is 2.04. The number of hydrogen-bond donors (Lipinski definition) is 0. The van der Waals surface area contributed by atoms with E-state index in [4.69, 9.17) is 0 Å². The Balaban J connectivity index is 2.41. The number of hydroxylamine groups is 1. The average Bonchev–Trinajstić information content (AvgIpc) is 2.35. The minimum atomic E-state index is 0.473. The van der Waals surface area contributed by atoms with E-state index >= 15 is 0 Å². The quantitative estimate of drug-likeness (QED) is 0.229. The summed E-state index contributed by atoms with van der Waals surface area (Å²) in [5, 5.41) is 11.9. The number of hydrogen-bond acceptors (Lipinski definition) is 1. The topological polar surface area (TPSA) is 26.1 Å². The fourth-order valence-corrected chi connectivity index (χ4v) is 1.82. The summed E-state index contributed by atoms with van der Waals surface area (Å²) >= 11 is 0. The van der Waals surface area contributed by atoms with Crippen LogP contribution in [0, 0.1) is 5.21 Å². The van der Waals surface area contributed by atoms with E-state index in [-0.39, 0.29) is 0 Å². The molecule has 94 valence electrons. The molecule has 17 heavy (non-hydrogen) atoms. The van der Waals surface area contributed by atoms with E-state index in [0.717, 1.165) is 28.9 Å². The fourth-order valence-electron chi connectivity index (χ4n) is 1.82. The van der Waals surface area contributed by atoms with Gasteiger partial charge in [-0.1, -0.05) is 56.5 Å². The maximum atomic E-state index is 11.9. The van der Waals surface area contributed by atoms with Gasteiger partial charge in [0.05, 0.1) is 0 Å². The van der Waals surface area contributed by atoms with Gasteiger partial charge in [-0.2, -0.15) is 0 Å². The Morgan fingerprint density at radius 1 is 1.12 bits per heavy atom. The summed E-state index contributed by atoms with van der Waals surface area (Å²) < 4.78 is 1.13. The van der Waals surface area contributed by atoms with Crippen molar-refractivity contribution in [3.05, 3.63) is 41.1 Å². The third-order valence-electron chi connectivity index (χ3n) is 2.99. The Bertz CT molecular complexity index is 343. The van der Waals surface area contributed by atoms with Crippen LogP contribution in [0.2, 0.25) is 0 Å². The molecule has 0 spiro atoms. The molecule has 0 aromatic heterocycles. The van der Waals surface area contributed by atoms with Crippen LogP contribution in [-0.4, -0.2) is 10.5 Å². The van der Waals surface area contributed by atoms with E-state index in [1.54, 1.807) is 0 Å². The van der Waals surface area contributed by atoms with Crippen LogP contribution in [0.1, 0.15) is 51.5 Å². The molecule has 0 bridgehead atoms. The predicted octanol–water partition coefficient (Wildman–Crippen LogP) is 4.13. The molecule has 1 rings (SSSR count). The molecular weight excluding hydrogens is 210 g/mol. The van der Waals surface area contributed by atoms with Crippen molar-refractivity contribution in [2.75, 3.05) is 0 Å². The first kappa shape index (κ1) is 13.8.